The molecule has 0 radical (unpaired) electrons. The second-order valence-electron chi connectivity index (χ2n) is 2.08. The number of nitrogens with one attached hydrogen (secondary N) is 2. The van der Waals surface area contributed by atoms with Gasteiger partial charge >= 0.3 is 0 Å². The van der Waals surface area contributed by atoms with Gasteiger partial charge in [-0.1, -0.05) is 13.7 Å². The van der Waals surface area contributed by atoms with E-state index in [-0.39, 0.29) is 0 Å². The SMILES string of the molecule is [2H]C([2H])([2H])C([2H])([2H])[C@@]([2H])(NCCN[C@@]([2H])(C([2H])([2H])O)C([2H])([2H])C([2H])([2H])[2H])C([2H])([2H])O. The summed E-state index contributed by atoms with van der Waals surface area (Å²) in [5, 5.41) is 22.7. The predicted molar refractivity (Wildman–Crippen MR) is 58.3 cm³/mol. The van der Waals surface area contributed by atoms with E-state index in [2.05, 4.69) is 0 Å². The zero-order valence-corrected chi connectivity index (χ0v) is 7.31. The molecule has 4 N–H and O–H groups in total. The van der Waals surface area contributed by atoms with Crippen LogP contribution in [0.2, 0.25) is 0 Å². The van der Waals surface area contributed by atoms with E-state index in [0.29, 0.717) is 0 Å². The largest absolute Gasteiger partial charge is 0.395 e. The summed E-state index contributed by atoms with van der Waals surface area (Å²) in [4.78, 5) is 0. The van der Waals surface area contributed by atoms with Gasteiger partial charge in [-0.2, -0.15) is 0 Å². The standard InChI is InChI=1S/C10H24N2O2/c1-3-9(7-13)11-5-6-12-10(4-2)8-14/h9-14H,3-8H2,1-2H3/t9-,10-/m1/s1/i1D3,2D3,3D2,4D2,7D2,8D2,9D,10D. The van der Waals surface area contributed by atoms with Gasteiger partial charge in [-0.25, -0.2) is 0 Å². The fourth-order valence-electron chi connectivity index (χ4n) is 0.598. The van der Waals surface area contributed by atoms with Crippen molar-refractivity contribution in [3.05, 3.63) is 0 Å². The maximum absolute atomic E-state index is 9.56. The Morgan fingerprint density at radius 3 is 1.86 bits per heavy atom. The minimum absolute atomic E-state index is 0.868. The maximum Gasteiger partial charge on any atom is 0.0584 e. The average molecular weight is 220 g/mol. The summed E-state index contributed by atoms with van der Waals surface area (Å²) < 4.78 is 118. The Hall–Kier alpha value is -0.160. The molecule has 0 saturated heterocycles. The Morgan fingerprint density at radius 2 is 1.57 bits per heavy atom. The topological polar surface area (TPSA) is 64.5 Å². The normalized spacial score (nSPS) is 42.7. The van der Waals surface area contributed by atoms with E-state index in [1.807, 2.05) is 0 Å². The number of hydrogen-bond donors (Lipinski definition) is 4. The molecule has 86 valence electrons. The minimum atomic E-state index is -3.76. The Morgan fingerprint density at radius 1 is 1.14 bits per heavy atom. The molecule has 2 atom stereocenters. The van der Waals surface area contributed by atoms with Crippen molar-refractivity contribution in [1.82, 2.24) is 10.6 Å². The first-order valence-electron chi connectivity index (χ1n) is 11.7. The van der Waals surface area contributed by atoms with Crippen LogP contribution in [-0.2, 0) is 0 Å². The van der Waals surface area contributed by atoms with Gasteiger partial charge in [0.2, 0.25) is 0 Å². The van der Waals surface area contributed by atoms with E-state index in [1.165, 1.54) is 0 Å². The van der Waals surface area contributed by atoms with Crippen molar-refractivity contribution in [2.45, 2.75) is 38.5 Å². The molecule has 0 unspecified atom stereocenters. The highest BCUT2D eigenvalue weighted by atomic mass is 16.3. The second-order valence-corrected chi connectivity index (χ2v) is 2.08. The molecular formula is C10H24N2O2. The molecule has 0 aliphatic carbocycles. The van der Waals surface area contributed by atoms with Crippen molar-refractivity contribution < 1.29 is 32.1 Å². The van der Waals surface area contributed by atoms with Gasteiger partial charge in [-0.15, -0.1) is 0 Å². The van der Waals surface area contributed by atoms with Crippen molar-refractivity contribution in [3.8, 4) is 0 Å². The fraction of sp³-hybridized carbons (Fsp3) is 1.00. The van der Waals surface area contributed by atoms with Crippen molar-refractivity contribution in [2.75, 3.05) is 26.2 Å². The average Bonchev–Trinajstić information content (AvgIpc) is 2.45. The van der Waals surface area contributed by atoms with Gasteiger partial charge in [0.05, 0.1) is 18.6 Å². The Labute approximate surface area is 109 Å². The molecule has 0 amide bonds. The first kappa shape index (κ1) is 2.74. The fourth-order valence-corrected chi connectivity index (χ4v) is 0.598. The van der Waals surface area contributed by atoms with Crippen molar-refractivity contribution in [3.63, 3.8) is 0 Å². The van der Waals surface area contributed by atoms with E-state index < -0.39 is 64.7 Å². The summed E-state index contributed by atoms with van der Waals surface area (Å²) >= 11 is 0. The monoisotopic (exact) mass is 220 g/mol. The molecular weight excluding hydrogens is 180 g/mol. The van der Waals surface area contributed by atoms with Crippen LogP contribution in [0.4, 0.5) is 0 Å². The predicted octanol–water partition coefficient (Wildman–Crippen LogP) is -0.293. The summed E-state index contributed by atoms with van der Waals surface area (Å²) in [5.41, 5.74) is 0. The lowest BCUT2D eigenvalue weighted by Gasteiger charge is -2.17. The molecule has 0 aliphatic rings. The van der Waals surface area contributed by atoms with Gasteiger partial charge in [0, 0.05) is 41.6 Å². The lowest BCUT2D eigenvalue weighted by molar-refractivity contribution is 0.229. The molecule has 0 aromatic rings. The summed E-state index contributed by atoms with van der Waals surface area (Å²) in [6.45, 7) is -16.4. The molecule has 0 heterocycles. The zero-order chi connectivity index (χ0) is 24.8. The summed E-state index contributed by atoms with van der Waals surface area (Å²) in [6.07, 6.45) is -7.34. The van der Waals surface area contributed by atoms with Gasteiger partial charge in [0.25, 0.3) is 0 Å². The second kappa shape index (κ2) is 9.40. The van der Waals surface area contributed by atoms with Gasteiger partial charge in [-0.3, -0.25) is 0 Å². The Bertz CT molecular complexity index is 541. The zero-order valence-electron chi connectivity index (χ0n) is 23.3. The van der Waals surface area contributed by atoms with Gasteiger partial charge in [0.15, 0.2) is 0 Å². The lowest BCUT2D eigenvalue weighted by Crippen LogP contribution is -2.40. The molecule has 0 aliphatic heterocycles. The third kappa shape index (κ3) is 6.32. The van der Waals surface area contributed by atoms with Crippen LogP contribution in [0, 0.1) is 0 Å². The molecule has 4 nitrogen and oxygen atoms in total. The van der Waals surface area contributed by atoms with Crippen LogP contribution < -0.4 is 10.6 Å². The van der Waals surface area contributed by atoms with Crippen LogP contribution in [0.3, 0.4) is 0 Å². The van der Waals surface area contributed by atoms with Crippen molar-refractivity contribution in [2.24, 2.45) is 0 Å². The van der Waals surface area contributed by atoms with Crippen LogP contribution in [-0.4, -0.2) is 48.5 Å². The van der Waals surface area contributed by atoms with Crippen LogP contribution in [0.5, 0.6) is 0 Å². The molecule has 0 rings (SSSR count). The number of rotatable bonds is 9. The molecule has 0 spiro atoms. The van der Waals surface area contributed by atoms with E-state index in [4.69, 9.17) is 21.9 Å². The maximum atomic E-state index is 9.56. The Balaban J connectivity index is 5.77. The minimum Gasteiger partial charge on any atom is -0.395 e. The smallest absolute Gasteiger partial charge is 0.0584 e. The third-order valence-electron chi connectivity index (χ3n) is 1.20. The number of aliphatic hydroxyl groups is 2. The van der Waals surface area contributed by atoms with E-state index in [1.54, 1.807) is 10.6 Å². The molecule has 0 aromatic carbocycles. The van der Waals surface area contributed by atoms with Crippen LogP contribution in [0.25, 0.3) is 0 Å². The van der Waals surface area contributed by atoms with Gasteiger partial charge in [0.1, 0.15) is 0 Å². The van der Waals surface area contributed by atoms with Gasteiger partial charge in [-0.05, 0) is 12.7 Å². The van der Waals surface area contributed by atoms with Crippen LogP contribution in [0.1, 0.15) is 48.4 Å². The van der Waals surface area contributed by atoms with E-state index in [0.717, 1.165) is 0 Å². The highest BCUT2D eigenvalue weighted by Gasteiger charge is 2.04. The summed E-state index contributed by atoms with van der Waals surface area (Å²) in [7, 11) is 0. The molecule has 0 saturated carbocycles. The molecule has 0 fully saturated rings. The van der Waals surface area contributed by atoms with E-state index >= 15 is 0 Å². The highest BCUT2D eigenvalue weighted by Crippen LogP contribution is 1.89. The third-order valence-corrected chi connectivity index (χ3v) is 1.20. The first-order chi connectivity index (χ1) is 12.7. The highest BCUT2D eigenvalue weighted by molar-refractivity contribution is 4.67. The van der Waals surface area contributed by atoms with Crippen LogP contribution >= 0.6 is 0 Å². The van der Waals surface area contributed by atoms with Crippen LogP contribution in [0.15, 0.2) is 0 Å². The van der Waals surface area contributed by atoms with Crippen molar-refractivity contribution >= 4 is 0 Å². The first-order valence-corrected chi connectivity index (χ1v) is 3.65. The summed E-state index contributed by atoms with van der Waals surface area (Å²) in [6, 6.07) is -7.03. The number of hydrogen-bond acceptors (Lipinski definition) is 4. The Kier molecular flexibility index (Phi) is 1.84. The molecule has 14 heavy (non-hydrogen) atoms. The quantitative estimate of drug-likeness (QED) is 0.403. The van der Waals surface area contributed by atoms with Gasteiger partial charge < -0.3 is 20.8 Å². The molecule has 4 heteroatoms. The van der Waals surface area contributed by atoms with Crippen molar-refractivity contribution in [1.29, 1.82) is 0 Å². The lowest BCUT2D eigenvalue weighted by atomic mass is 10.2. The molecule has 0 aromatic heterocycles. The molecule has 0 bridgehead atoms. The van der Waals surface area contributed by atoms with E-state index in [9.17, 15) is 10.2 Å². The summed E-state index contributed by atoms with van der Waals surface area (Å²) in [5.74, 6) is 0.